The van der Waals surface area contributed by atoms with E-state index in [4.69, 9.17) is 0 Å². The molecule has 1 aromatic heterocycles. The Morgan fingerprint density at radius 3 is 2.61 bits per heavy atom. The van der Waals surface area contributed by atoms with E-state index < -0.39 is 0 Å². The summed E-state index contributed by atoms with van der Waals surface area (Å²) in [5.74, 6) is -0.150. The summed E-state index contributed by atoms with van der Waals surface area (Å²) >= 11 is 0. The van der Waals surface area contributed by atoms with Crippen LogP contribution in [0.5, 0.6) is 0 Å². The van der Waals surface area contributed by atoms with Gasteiger partial charge in [-0.1, -0.05) is 36.4 Å². The number of benzene rings is 2. The van der Waals surface area contributed by atoms with Crippen LogP contribution in [0.4, 0.5) is 4.39 Å². The number of likely N-dealkylation sites (N-methyl/N-ethyl adjacent to an activating group) is 1. The third kappa shape index (κ3) is 2.11. The number of hydrogen-bond donors (Lipinski definition) is 0. The zero-order valence-electron chi connectivity index (χ0n) is 13.8. The molecule has 0 fully saturated rings. The van der Waals surface area contributed by atoms with Crippen LogP contribution in [0.15, 0.2) is 42.5 Å². The third-order valence-electron chi connectivity index (χ3n) is 5.15. The van der Waals surface area contributed by atoms with Gasteiger partial charge in [0.15, 0.2) is 0 Å². The van der Waals surface area contributed by atoms with E-state index in [2.05, 4.69) is 48.7 Å². The maximum Gasteiger partial charge on any atom is 0.131 e. The third-order valence-corrected chi connectivity index (χ3v) is 5.15. The summed E-state index contributed by atoms with van der Waals surface area (Å²) < 4.78 is 16.8. The van der Waals surface area contributed by atoms with Crippen LogP contribution in [0.3, 0.4) is 0 Å². The molecule has 2 nitrogen and oxygen atoms in total. The van der Waals surface area contributed by atoms with E-state index in [1.54, 1.807) is 12.1 Å². The highest BCUT2D eigenvalue weighted by Crippen LogP contribution is 2.39. The van der Waals surface area contributed by atoms with Crippen LogP contribution in [0.1, 0.15) is 11.3 Å². The molecule has 2 heterocycles. The van der Waals surface area contributed by atoms with Gasteiger partial charge in [-0.2, -0.15) is 0 Å². The number of halogens is 1. The second-order valence-corrected chi connectivity index (χ2v) is 6.69. The minimum absolute atomic E-state index is 0.150. The largest absolute Gasteiger partial charge is 0.342 e. The van der Waals surface area contributed by atoms with E-state index in [-0.39, 0.29) is 5.82 Å². The minimum atomic E-state index is -0.150. The van der Waals surface area contributed by atoms with Crippen molar-refractivity contribution >= 4 is 10.9 Å². The molecular formula is C20H21FN2. The summed E-state index contributed by atoms with van der Waals surface area (Å²) in [6, 6.07) is 14.0. The van der Waals surface area contributed by atoms with Gasteiger partial charge in [0.25, 0.3) is 0 Å². The monoisotopic (exact) mass is 308 g/mol. The van der Waals surface area contributed by atoms with Gasteiger partial charge in [0.1, 0.15) is 5.82 Å². The quantitative estimate of drug-likeness (QED) is 0.687. The molecule has 0 bridgehead atoms. The maximum absolute atomic E-state index is 14.4. The number of para-hydroxylation sites is 1. The van der Waals surface area contributed by atoms with Crippen LogP contribution < -0.4 is 0 Å². The van der Waals surface area contributed by atoms with Crippen molar-refractivity contribution in [3.05, 3.63) is 59.5 Å². The van der Waals surface area contributed by atoms with Crippen LogP contribution in [0, 0.1) is 12.7 Å². The van der Waals surface area contributed by atoms with Gasteiger partial charge in [-0.15, -0.1) is 0 Å². The standard InChI is InChI=1S/C20H21FN2/c1-13-19(16-8-4-5-10-18(16)21)17-9-6-7-14-11-15(22(2)3)12-23(13)20(14)17/h4-10,15H,11-12H2,1-3H3/t15-/m0/s1. The first-order valence-corrected chi connectivity index (χ1v) is 8.10. The second-order valence-electron chi connectivity index (χ2n) is 6.69. The molecule has 0 spiro atoms. The van der Waals surface area contributed by atoms with Crippen molar-refractivity contribution in [2.75, 3.05) is 14.1 Å². The number of rotatable bonds is 2. The molecule has 3 heteroatoms. The lowest BCUT2D eigenvalue weighted by Gasteiger charge is -2.30. The molecule has 1 atom stereocenters. The normalized spacial score (nSPS) is 17.2. The van der Waals surface area contributed by atoms with Crippen molar-refractivity contribution < 1.29 is 4.39 Å². The molecule has 0 saturated heterocycles. The van der Waals surface area contributed by atoms with Crippen molar-refractivity contribution in [3.8, 4) is 11.1 Å². The van der Waals surface area contributed by atoms with Crippen LogP contribution >= 0.6 is 0 Å². The molecule has 1 aliphatic rings. The molecule has 4 rings (SSSR count). The first-order chi connectivity index (χ1) is 11.1. The van der Waals surface area contributed by atoms with Crippen molar-refractivity contribution in [1.29, 1.82) is 0 Å². The maximum atomic E-state index is 14.4. The average Bonchev–Trinajstić information content (AvgIpc) is 2.82. The molecule has 2 aromatic carbocycles. The Balaban J connectivity index is 2.02. The van der Waals surface area contributed by atoms with Gasteiger partial charge in [-0.25, -0.2) is 4.39 Å². The molecule has 3 aromatic rings. The fraction of sp³-hybridized carbons (Fsp3) is 0.300. The van der Waals surface area contributed by atoms with Crippen molar-refractivity contribution in [1.82, 2.24) is 9.47 Å². The molecule has 0 aliphatic carbocycles. The van der Waals surface area contributed by atoms with Crippen LogP contribution in [0.2, 0.25) is 0 Å². The predicted molar refractivity (Wildman–Crippen MR) is 93.2 cm³/mol. The second kappa shape index (κ2) is 5.20. The minimum Gasteiger partial charge on any atom is -0.342 e. The van der Waals surface area contributed by atoms with Crippen molar-refractivity contribution in [2.45, 2.75) is 25.9 Å². The highest BCUT2D eigenvalue weighted by molar-refractivity contribution is 6.00. The van der Waals surface area contributed by atoms with Crippen molar-refractivity contribution in [3.63, 3.8) is 0 Å². The lowest BCUT2D eigenvalue weighted by Crippen LogP contribution is -2.37. The van der Waals surface area contributed by atoms with Gasteiger partial charge in [0.2, 0.25) is 0 Å². The van der Waals surface area contributed by atoms with Gasteiger partial charge >= 0.3 is 0 Å². The topological polar surface area (TPSA) is 8.17 Å². The molecule has 0 N–H and O–H groups in total. The Morgan fingerprint density at radius 2 is 1.87 bits per heavy atom. The van der Waals surface area contributed by atoms with Crippen LogP contribution in [0.25, 0.3) is 22.0 Å². The zero-order valence-corrected chi connectivity index (χ0v) is 13.8. The SMILES string of the molecule is Cc1c(-c2ccccc2F)c2cccc3c2n1C[C@@H](N(C)C)C3. The molecular weight excluding hydrogens is 287 g/mol. The van der Waals surface area contributed by atoms with E-state index in [9.17, 15) is 4.39 Å². The van der Waals surface area contributed by atoms with Gasteiger partial charge in [-0.3, -0.25) is 0 Å². The van der Waals surface area contributed by atoms with E-state index >= 15 is 0 Å². The summed E-state index contributed by atoms with van der Waals surface area (Å²) in [4.78, 5) is 2.28. The zero-order chi connectivity index (χ0) is 16.1. The summed E-state index contributed by atoms with van der Waals surface area (Å²) in [5, 5.41) is 1.17. The predicted octanol–water partition coefficient (Wildman–Crippen LogP) is 4.24. The number of aromatic nitrogens is 1. The Labute approximate surface area is 136 Å². The fourth-order valence-electron chi connectivity index (χ4n) is 3.88. The molecule has 118 valence electrons. The molecule has 0 saturated carbocycles. The molecule has 0 amide bonds. The van der Waals surface area contributed by atoms with E-state index in [0.29, 0.717) is 11.6 Å². The lowest BCUT2D eigenvalue weighted by atomic mass is 9.97. The van der Waals surface area contributed by atoms with Crippen LogP contribution in [-0.4, -0.2) is 29.6 Å². The highest BCUT2D eigenvalue weighted by atomic mass is 19.1. The Bertz CT molecular complexity index is 892. The average molecular weight is 308 g/mol. The lowest BCUT2D eigenvalue weighted by molar-refractivity contribution is 0.257. The van der Waals surface area contributed by atoms with E-state index in [0.717, 1.165) is 24.2 Å². The van der Waals surface area contributed by atoms with Gasteiger partial charge in [0.05, 0.1) is 5.52 Å². The van der Waals surface area contributed by atoms with Crippen LogP contribution in [-0.2, 0) is 13.0 Å². The fourth-order valence-corrected chi connectivity index (χ4v) is 3.88. The van der Waals surface area contributed by atoms with E-state index in [1.165, 1.54) is 16.5 Å². The molecule has 0 radical (unpaired) electrons. The highest BCUT2D eigenvalue weighted by Gasteiger charge is 2.27. The Kier molecular flexibility index (Phi) is 3.27. The van der Waals surface area contributed by atoms with Gasteiger partial charge in [-0.05, 0) is 39.1 Å². The summed E-state index contributed by atoms with van der Waals surface area (Å²) in [6.45, 7) is 3.07. The van der Waals surface area contributed by atoms with Gasteiger partial charge < -0.3 is 9.47 Å². The first kappa shape index (κ1) is 14.5. The molecule has 1 aliphatic heterocycles. The summed E-state index contributed by atoms with van der Waals surface area (Å²) in [5.41, 5.74) is 5.54. The number of nitrogens with zero attached hydrogens (tertiary/aromatic N) is 2. The van der Waals surface area contributed by atoms with E-state index in [1.807, 2.05) is 12.1 Å². The summed E-state index contributed by atoms with van der Waals surface area (Å²) in [7, 11) is 4.26. The van der Waals surface area contributed by atoms with Crippen molar-refractivity contribution in [2.24, 2.45) is 0 Å². The Morgan fingerprint density at radius 1 is 1.09 bits per heavy atom. The smallest absolute Gasteiger partial charge is 0.131 e. The number of hydrogen-bond acceptors (Lipinski definition) is 1. The summed E-state index contributed by atoms with van der Waals surface area (Å²) in [6.07, 6.45) is 1.05. The molecule has 23 heavy (non-hydrogen) atoms. The molecule has 0 unspecified atom stereocenters. The first-order valence-electron chi connectivity index (χ1n) is 8.10. The Hall–Kier alpha value is -2.13. The van der Waals surface area contributed by atoms with Gasteiger partial charge in [0, 0.05) is 34.8 Å².